The average Bonchev–Trinajstić information content (AvgIpc) is 3.65. The lowest BCUT2D eigenvalue weighted by Gasteiger charge is -2.09. The molecule has 0 amide bonds. The fourth-order valence-corrected chi connectivity index (χ4v) is 7.03. The van der Waals surface area contributed by atoms with Crippen LogP contribution in [0.15, 0.2) is 94.0 Å². The lowest BCUT2D eigenvalue weighted by Crippen LogP contribution is -2.31. The third-order valence-electron chi connectivity index (χ3n) is 9.51. The van der Waals surface area contributed by atoms with Gasteiger partial charge in [-0.05, 0) is 92.4 Å². The maximum Gasteiger partial charge on any atom is 0.227 e. The standard InChI is InChI=1S/C23H25N2O.C22H23N2O/c1-14(2)12-17-10-11-25(5)20(13-17)21-15(3)6-8-18-19-9-7-16(4)24-23(19)26-22(18)21;1-13(2)17-12-15(4)23-22-20(17)16-10-9-14(3)19(21(16)25-22)18-8-6-7-11-24(18)5/h6-11,13-14H,12H2,1-5H3;6-13H,1-5H3/q2*+1/i12D2;13D. The minimum atomic E-state index is -1.41. The number of hydrogen-bond donors (Lipinski definition) is 0. The Morgan fingerprint density at radius 2 is 1.29 bits per heavy atom. The minimum absolute atomic E-state index is 0.122. The molecule has 0 saturated heterocycles. The molecule has 6 nitrogen and oxygen atoms in total. The van der Waals surface area contributed by atoms with Gasteiger partial charge < -0.3 is 8.83 Å². The van der Waals surface area contributed by atoms with Crippen LogP contribution in [0.4, 0.5) is 0 Å². The third kappa shape index (κ3) is 6.28. The number of furan rings is 2. The zero-order valence-corrected chi connectivity index (χ0v) is 31.3. The van der Waals surface area contributed by atoms with Crippen LogP contribution in [0.5, 0.6) is 0 Å². The van der Waals surface area contributed by atoms with Gasteiger partial charge in [-0.15, -0.1) is 0 Å². The van der Waals surface area contributed by atoms with Crippen LogP contribution in [0, 0.1) is 33.6 Å². The Kier molecular flexibility index (Phi) is 8.01. The van der Waals surface area contributed by atoms with E-state index in [0.717, 1.165) is 83.3 Å². The number of benzene rings is 2. The van der Waals surface area contributed by atoms with E-state index in [1.54, 1.807) is 0 Å². The first-order chi connectivity index (χ1) is 25.5. The van der Waals surface area contributed by atoms with E-state index in [1.807, 2.05) is 109 Å². The highest BCUT2D eigenvalue weighted by atomic mass is 16.3. The summed E-state index contributed by atoms with van der Waals surface area (Å²) in [6.07, 6.45) is 2.56. The lowest BCUT2D eigenvalue weighted by atomic mass is 9.96. The van der Waals surface area contributed by atoms with Crippen LogP contribution >= 0.6 is 0 Å². The molecule has 0 aliphatic carbocycles. The summed E-state index contributed by atoms with van der Waals surface area (Å²) in [6.45, 7) is 15.7. The van der Waals surface area contributed by atoms with E-state index in [1.165, 1.54) is 0 Å². The summed E-state index contributed by atoms with van der Waals surface area (Å²) >= 11 is 0. The van der Waals surface area contributed by atoms with Crippen molar-refractivity contribution in [3.63, 3.8) is 0 Å². The molecule has 8 aromatic rings. The Hall–Kier alpha value is -5.36. The van der Waals surface area contributed by atoms with Crippen molar-refractivity contribution in [2.75, 3.05) is 0 Å². The first-order valence-corrected chi connectivity index (χ1v) is 17.6. The molecule has 2 aromatic carbocycles. The Labute approximate surface area is 304 Å². The predicted octanol–water partition coefficient (Wildman–Crippen LogP) is 10.5. The van der Waals surface area contributed by atoms with Gasteiger partial charge >= 0.3 is 0 Å². The van der Waals surface area contributed by atoms with Crippen LogP contribution in [-0.2, 0) is 20.5 Å². The Morgan fingerprint density at radius 3 is 2.00 bits per heavy atom. The topological polar surface area (TPSA) is 59.8 Å². The maximum absolute atomic E-state index is 8.59. The average molecular weight is 680 g/mol. The van der Waals surface area contributed by atoms with Crippen molar-refractivity contribution in [3.8, 4) is 22.5 Å². The largest absolute Gasteiger partial charge is 0.437 e. The van der Waals surface area contributed by atoms with Gasteiger partial charge in [0.15, 0.2) is 23.6 Å². The molecule has 6 heterocycles. The quantitative estimate of drug-likeness (QED) is 0.170. The van der Waals surface area contributed by atoms with Crippen LogP contribution < -0.4 is 9.13 Å². The van der Waals surface area contributed by atoms with Crippen molar-refractivity contribution in [2.24, 2.45) is 20.0 Å². The molecule has 0 unspecified atom stereocenters. The van der Waals surface area contributed by atoms with Gasteiger partial charge in [0.05, 0.1) is 16.5 Å². The van der Waals surface area contributed by atoms with E-state index in [9.17, 15) is 0 Å². The monoisotopic (exact) mass is 679 g/mol. The Bertz CT molecular complexity index is 2740. The van der Waals surface area contributed by atoms with Crippen LogP contribution in [0.3, 0.4) is 0 Å². The van der Waals surface area contributed by atoms with Gasteiger partial charge in [0, 0.05) is 55.9 Å². The van der Waals surface area contributed by atoms with E-state index in [-0.39, 0.29) is 5.92 Å². The van der Waals surface area contributed by atoms with E-state index in [2.05, 4.69) is 64.8 Å². The maximum atomic E-state index is 8.59. The molecule has 0 fully saturated rings. The van der Waals surface area contributed by atoms with Gasteiger partial charge in [0.25, 0.3) is 0 Å². The number of rotatable bonds is 5. The lowest BCUT2D eigenvalue weighted by molar-refractivity contribution is -0.660. The first-order valence-electron chi connectivity index (χ1n) is 19.1. The number of nitrogens with zero attached hydrogens (tertiary/aromatic N) is 4. The Morgan fingerprint density at radius 1 is 0.667 bits per heavy atom. The van der Waals surface area contributed by atoms with Gasteiger partial charge in [0.1, 0.15) is 14.1 Å². The molecule has 0 aliphatic rings. The van der Waals surface area contributed by atoms with Crippen molar-refractivity contribution in [1.82, 2.24) is 9.97 Å². The van der Waals surface area contributed by atoms with Crippen molar-refractivity contribution < 1.29 is 22.1 Å². The van der Waals surface area contributed by atoms with Gasteiger partial charge in [-0.2, -0.15) is 0 Å². The number of aryl methyl sites for hydroxylation is 6. The van der Waals surface area contributed by atoms with Crippen LogP contribution in [0.25, 0.3) is 66.7 Å². The summed E-state index contributed by atoms with van der Waals surface area (Å²) in [4.78, 5) is 9.16. The molecule has 6 aromatic heterocycles. The number of aromatic nitrogens is 4. The van der Waals surface area contributed by atoms with Gasteiger partial charge in [-0.3, -0.25) is 0 Å². The minimum Gasteiger partial charge on any atom is -0.437 e. The summed E-state index contributed by atoms with van der Waals surface area (Å²) in [5.41, 5.74) is 12.6. The molecule has 0 atom stereocenters. The fraction of sp³-hybridized carbons (Fsp3) is 0.289. The van der Waals surface area contributed by atoms with E-state index in [4.69, 9.17) is 12.9 Å². The Balaban J connectivity index is 0.000000167. The number of hydrogen-bond acceptors (Lipinski definition) is 4. The molecule has 6 heteroatoms. The van der Waals surface area contributed by atoms with Gasteiger partial charge in [-0.25, -0.2) is 19.1 Å². The third-order valence-corrected chi connectivity index (χ3v) is 9.51. The second-order valence-corrected chi connectivity index (χ2v) is 14.2. The smallest absolute Gasteiger partial charge is 0.227 e. The molecule has 51 heavy (non-hydrogen) atoms. The highest BCUT2D eigenvalue weighted by Crippen LogP contribution is 2.40. The molecule has 0 saturated carbocycles. The van der Waals surface area contributed by atoms with Crippen molar-refractivity contribution in [3.05, 3.63) is 119 Å². The molecule has 8 rings (SSSR count). The summed E-state index contributed by atoms with van der Waals surface area (Å²) in [6, 6.07) is 24.4. The van der Waals surface area contributed by atoms with Gasteiger partial charge in [0.2, 0.25) is 22.8 Å². The molecule has 0 N–H and O–H groups in total. The van der Waals surface area contributed by atoms with E-state index < -0.39 is 12.3 Å². The molecule has 0 spiro atoms. The molecule has 0 radical (unpaired) electrons. The van der Waals surface area contributed by atoms with Crippen molar-refractivity contribution in [2.45, 2.75) is 67.7 Å². The van der Waals surface area contributed by atoms with Crippen LogP contribution in [0.2, 0.25) is 0 Å². The summed E-state index contributed by atoms with van der Waals surface area (Å²) in [5, 5.41) is 4.00. The first kappa shape index (κ1) is 30.5. The van der Waals surface area contributed by atoms with Crippen molar-refractivity contribution >= 4 is 44.1 Å². The molecule has 0 aliphatic heterocycles. The fourth-order valence-electron chi connectivity index (χ4n) is 7.03. The molecule has 258 valence electrons. The number of fused-ring (bicyclic) bond motifs is 6. The highest BCUT2D eigenvalue weighted by Gasteiger charge is 2.24. The highest BCUT2D eigenvalue weighted by molar-refractivity contribution is 6.10. The SMILES string of the molecule is [2H]C(C)(C)c1cc(C)nc2oc3c(-c4cccc[n+]4C)c(C)ccc3c12.[2H]C([2H])(c1cc[n+](C)c(-c2c(C)ccc3c2oc2nc(C)ccc23)c1)C(C)C. The molecular weight excluding hydrogens is 629 g/mol. The zero-order valence-electron chi connectivity index (χ0n) is 34.3. The number of pyridine rings is 4. The second-order valence-electron chi connectivity index (χ2n) is 14.2. The predicted molar refractivity (Wildman–Crippen MR) is 208 cm³/mol. The van der Waals surface area contributed by atoms with Crippen LogP contribution in [-0.4, -0.2) is 9.97 Å². The summed E-state index contributed by atoms with van der Waals surface area (Å²) in [7, 11) is 4.02. The van der Waals surface area contributed by atoms with Crippen LogP contribution in [0.1, 0.15) is 71.3 Å². The van der Waals surface area contributed by atoms with E-state index in [0.29, 0.717) is 17.0 Å². The van der Waals surface area contributed by atoms with E-state index >= 15 is 0 Å². The zero-order chi connectivity index (χ0) is 38.9. The van der Waals surface area contributed by atoms with Gasteiger partial charge in [-0.1, -0.05) is 52.0 Å². The second kappa shape index (κ2) is 13.4. The molecular formula is C45H48N4O2+2. The normalized spacial score (nSPS) is 13.1. The molecule has 0 bridgehead atoms. The summed E-state index contributed by atoms with van der Waals surface area (Å²) < 4.78 is 42.2. The van der Waals surface area contributed by atoms with Crippen molar-refractivity contribution in [1.29, 1.82) is 0 Å². The summed E-state index contributed by atoms with van der Waals surface area (Å²) in [5.74, 6) is -0.853.